The zero-order valence-electron chi connectivity index (χ0n) is 7.27. The number of nitrogens with zero attached hydrogens (tertiary/aromatic N) is 1. The van der Waals surface area contributed by atoms with Gasteiger partial charge in [-0.15, -0.1) is 0 Å². The fourth-order valence-corrected chi connectivity index (χ4v) is 0.846. The van der Waals surface area contributed by atoms with Gasteiger partial charge in [0.15, 0.2) is 0 Å². The van der Waals surface area contributed by atoms with Gasteiger partial charge in [0.05, 0.1) is 4.92 Å². The van der Waals surface area contributed by atoms with Gasteiger partial charge in [0.2, 0.25) is 0 Å². The van der Waals surface area contributed by atoms with Gasteiger partial charge in [-0.3, -0.25) is 15.0 Å². The highest BCUT2D eigenvalue weighted by molar-refractivity contribution is 5.40. The van der Waals surface area contributed by atoms with Crippen LogP contribution in [0.2, 0.25) is 0 Å². The Morgan fingerprint density at radius 3 is 2.57 bits per heavy atom. The van der Waals surface area contributed by atoms with Crippen LogP contribution in [0.3, 0.4) is 0 Å². The van der Waals surface area contributed by atoms with Gasteiger partial charge in [-0.2, -0.15) is 0 Å². The van der Waals surface area contributed by atoms with Crippen molar-refractivity contribution in [1.29, 1.82) is 0 Å². The number of non-ortho nitro benzene ring substituents is 1. The lowest BCUT2D eigenvalue weighted by molar-refractivity contribution is -0.384. The van der Waals surface area contributed by atoms with Crippen LogP contribution >= 0.6 is 0 Å². The van der Waals surface area contributed by atoms with Crippen molar-refractivity contribution in [3.8, 4) is 11.8 Å². The summed E-state index contributed by atoms with van der Waals surface area (Å²) in [5.41, 5.74) is 0.735. The first kappa shape index (κ1) is 10.2. The molecule has 2 N–H and O–H groups in total. The third-order valence-corrected chi connectivity index (χ3v) is 1.47. The number of nitro benzene ring substituents is 1. The molecule has 1 aromatic carbocycles. The van der Waals surface area contributed by atoms with Crippen LogP contribution in [0.4, 0.5) is 5.69 Å². The average Bonchev–Trinajstić information content (AvgIpc) is 2.19. The summed E-state index contributed by atoms with van der Waals surface area (Å²) in [6, 6.07) is 5.93. The smallest absolute Gasteiger partial charge is 0.269 e. The molecule has 0 aliphatic carbocycles. The fraction of sp³-hybridized carbons (Fsp3) is 0.111. The molecule has 1 aromatic rings. The summed E-state index contributed by atoms with van der Waals surface area (Å²) in [4.78, 5) is 14.1. The quantitative estimate of drug-likeness (QED) is 0.427. The van der Waals surface area contributed by atoms with Gasteiger partial charge in [-0.25, -0.2) is 5.90 Å². The number of rotatable bonds is 2. The lowest BCUT2D eigenvalue weighted by atomic mass is 10.2. The Hall–Kier alpha value is -1.90. The second kappa shape index (κ2) is 4.97. The van der Waals surface area contributed by atoms with E-state index in [0.717, 1.165) is 0 Å². The zero-order chi connectivity index (χ0) is 10.4. The molecular formula is C9H8N2O3. The van der Waals surface area contributed by atoms with Gasteiger partial charge >= 0.3 is 0 Å². The normalized spacial score (nSPS) is 8.93. The third kappa shape index (κ3) is 2.86. The lowest BCUT2D eigenvalue weighted by Crippen LogP contribution is -1.97. The number of benzene rings is 1. The van der Waals surface area contributed by atoms with Gasteiger partial charge in [-0.1, -0.05) is 11.8 Å². The van der Waals surface area contributed by atoms with Crippen LogP contribution in [0.1, 0.15) is 5.56 Å². The van der Waals surface area contributed by atoms with E-state index < -0.39 is 4.92 Å². The van der Waals surface area contributed by atoms with E-state index in [-0.39, 0.29) is 12.3 Å². The van der Waals surface area contributed by atoms with E-state index in [1.165, 1.54) is 12.1 Å². The molecule has 0 fully saturated rings. The summed E-state index contributed by atoms with van der Waals surface area (Å²) in [6.07, 6.45) is 0. The highest BCUT2D eigenvalue weighted by Gasteiger charge is 2.01. The van der Waals surface area contributed by atoms with Crippen LogP contribution in [0.15, 0.2) is 24.3 Å². The molecule has 72 valence electrons. The minimum absolute atomic E-state index is 0.0469. The van der Waals surface area contributed by atoms with Crippen LogP contribution in [0.25, 0.3) is 0 Å². The molecule has 0 spiro atoms. The molecule has 0 saturated carbocycles. The van der Waals surface area contributed by atoms with Crippen LogP contribution < -0.4 is 5.90 Å². The molecule has 5 nitrogen and oxygen atoms in total. The molecule has 5 heteroatoms. The van der Waals surface area contributed by atoms with Crippen molar-refractivity contribution < 1.29 is 9.76 Å². The minimum atomic E-state index is -0.458. The molecule has 0 saturated heterocycles. The lowest BCUT2D eigenvalue weighted by Gasteiger charge is -1.90. The van der Waals surface area contributed by atoms with Crippen LogP contribution in [0.5, 0.6) is 0 Å². The van der Waals surface area contributed by atoms with Crippen molar-refractivity contribution in [1.82, 2.24) is 0 Å². The van der Waals surface area contributed by atoms with Crippen molar-refractivity contribution in [2.75, 3.05) is 6.61 Å². The molecule has 0 atom stereocenters. The molecule has 0 aromatic heterocycles. The maximum atomic E-state index is 10.3. The molecule has 0 radical (unpaired) electrons. The number of nitro groups is 1. The first-order valence-electron chi connectivity index (χ1n) is 3.79. The van der Waals surface area contributed by atoms with E-state index in [1.54, 1.807) is 12.1 Å². The summed E-state index contributed by atoms with van der Waals surface area (Å²) in [7, 11) is 0. The number of hydrogen-bond donors (Lipinski definition) is 1. The first-order valence-corrected chi connectivity index (χ1v) is 3.79. The van der Waals surface area contributed by atoms with E-state index >= 15 is 0 Å². The van der Waals surface area contributed by atoms with Crippen molar-refractivity contribution >= 4 is 5.69 Å². The maximum absolute atomic E-state index is 10.3. The molecule has 0 unspecified atom stereocenters. The maximum Gasteiger partial charge on any atom is 0.269 e. The Balaban J connectivity index is 2.75. The molecule has 0 heterocycles. The van der Waals surface area contributed by atoms with Gasteiger partial charge in [0.1, 0.15) is 6.61 Å². The van der Waals surface area contributed by atoms with Gasteiger partial charge in [0, 0.05) is 17.7 Å². The van der Waals surface area contributed by atoms with Crippen LogP contribution in [0, 0.1) is 22.0 Å². The second-order valence-corrected chi connectivity index (χ2v) is 2.42. The summed E-state index contributed by atoms with van der Waals surface area (Å²) in [5.74, 6) is 10.1. The topological polar surface area (TPSA) is 78.4 Å². The van der Waals surface area contributed by atoms with Crippen molar-refractivity contribution in [3.05, 3.63) is 39.9 Å². The van der Waals surface area contributed by atoms with Crippen molar-refractivity contribution in [2.24, 2.45) is 5.90 Å². The Morgan fingerprint density at radius 2 is 2.07 bits per heavy atom. The molecule has 0 aliphatic rings. The summed E-state index contributed by atoms with van der Waals surface area (Å²) >= 11 is 0. The summed E-state index contributed by atoms with van der Waals surface area (Å²) in [5, 5.41) is 10.3. The predicted octanol–water partition coefficient (Wildman–Crippen LogP) is 0.837. The molecule has 0 bridgehead atoms. The van der Waals surface area contributed by atoms with Gasteiger partial charge in [0.25, 0.3) is 5.69 Å². The Morgan fingerprint density at radius 1 is 1.43 bits per heavy atom. The highest BCUT2D eigenvalue weighted by Crippen LogP contribution is 2.10. The van der Waals surface area contributed by atoms with Crippen molar-refractivity contribution in [2.45, 2.75) is 0 Å². The van der Waals surface area contributed by atoms with Crippen molar-refractivity contribution in [3.63, 3.8) is 0 Å². The largest absolute Gasteiger partial charge is 0.292 e. The molecule has 0 amide bonds. The average molecular weight is 192 g/mol. The van der Waals surface area contributed by atoms with E-state index in [2.05, 4.69) is 16.7 Å². The first-order chi connectivity index (χ1) is 6.74. The van der Waals surface area contributed by atoms with E-state index in [9.17, 15) is 10.1 Å². The minimum Gasteiger partial charge on any atom is -0.292 e. The molecule has 1 rings (SSSR count). The van der Waals surface area contributed by atoms with E-state index in [1.807, 2.05) is 0 Å². The zero-order valence-corrected chi connectivity index (χ0v) is 7.27. The van der Waals surface area contributed by atoms with Gasteiger partial charge < -0.3 is 0 Å². The van der Waals surface area contributed by atoms with Crippen LogP contribution in [-0.4, -0.2) is 11.5 Å². The number of hydrogen-bond acceptors (Lipinski definition) is 4. The predicted molar refractivity (Wildman–Crippen MR) is 50.1 cm³/mol. The molecule has 0 aliphatic heterocycles. The number of nitrogens with two attached hydrogens (primary N) is 1. The summed E-state index contributed by atoms with van der Waals surface area (Å²) in [6.45, 7) is 0.136. The van der Waals surface area contributed by atoms with Crippen LogP contribution in [-0.2, 0) is 4.84 Å². The Labute approximate surface area is 80.6 Å². The summed E-state index contributed by atoms with van der Waals surface area (Å²) < 4.78 is 0. The standard InChI is InChI=1S/C9H8N2O3/c10-14-7-1-2-8-3-5-9(6-4-8)11(12)13/h3-6H,7,10H2. The highest BCUT2D eigenvalue weighted by atomic mass is 16.6. The molecular weight excluding hydrogens is 184 g/mol. The SMILES string of the molecule is NOCC#Cc1ccc([N+](=O)[O-])cc1. The molecule has 14 heavy (non-hydrogen) atoms. The van der Waals surface area contributed by atoms with E-state index in [4.69, 9.17) is 5.90 Å². The Bertz CT molecular complexity index is 375. The third-order valence-electron chi connectivity index (χ3n) is 1.47. The second-order valence-electron chi connectivity index (χ2n) is 2.42. The monoisotopic (exact) mass is 192 g/mol. The Kier molecular flexibility index (Phi) is 3.61. The van der Waals surface area contributed by atoms with Gasteiger partial charge in [-0.05, 0) is 12.1 Å². The van der Waals surface area contributed by atoms with E-state index in [0.29, 0.717) is 5.56 Å². The fourth-order valence-electron chi connectivity index (χ4n) is 0.846.